The lowest BCUT2D eigenvalue weighted by molar-refractivity contribution is -0.0180. The summed E-state index contributed by atoms with van der Waals surface area (Å²) in [5.74, 6) is 1.60. The second-order valence-corrected chi connectivity index (χ2v) is 7.46. The highest BCUT2D eigenvalue weighted by atomic mass is 16.5. The molecule has 154 valence electrons. The van der Waals surface area contributed by atoms with Crippen molar-refractivity contribution in [2.45, 2.75) is 25.5 Å². The molecule has 0 aliphatic carbocycles. The van der Waals surface area contributed by atoms with Gasteiger partial charge in [-0.2, -0.15) is 0 Å². The third kappa shape index (κ3) is 7.50. The molecule has 1 aromatic heterocycles. The Morgan fingerprint density at radius 2 is 2.11 bits per heavy atom. The zero-order valence-electron chi connectivity index (χ0n) is 17.1. The largest absolute Gasteiger partial charge is 0.468 e. The van der Waals surface area contributed by atoms with Crippen LogP contribution in [0, 0.1) is 0 Å². The van der Waals surface area contributed by atoms with Crippen molar-refractivity contribution >= 4 is 5.96 Å². The molecule has 1 aliphatic rings. The van der Waals surface area contributed by atoms with Gasteiger partial charge in [-0.25, -0.2) is 0 Å². The van der Waals surface area contributed by atoms with E-state index in [0.29, 0.717) is 25.6 Å². The summed E-state index contributed by atoms with van der Waals surface area (Å²) >= 11 is 0. The topological polar surface area (TPSA) is 85.5 Å². The molecule has 1 saturated heterocycles. The Labute approximate surface area is 162 Å². The molecule has 0 spiro atoms. The van der Waals surface area contributed by atoms with Crippen molar-refractivity contribution in [3.05, 3.63) is 24.2 Å². The Hall–Kier alpha value is -1.61. The molecule has 8 nitrogen and oxygen atoms in total. The number of nitrogens with one attached hydrogen (secondary N) is 2. The summed E-state index contributed by atoms with van der Waals surface area (Å²) in [6.07, 6.45) is 1.69. The molecule has 1 fully saturated rings. The summed E-state index contributed by atoms with van der Waals surface area (Å²) < 4.78 is 10.9. The molecular formula is C19H35N5O3. The minimum atomic E-state index is -0.887. The Balaban J connectivity index is 1.92. The van der Waals surface area contributed by atoms with E-state index in [0.717, 1.165) is 38.6 Å². The van der Waals surface area contributed by atoms with Crippen LogP contribution >= 0.6 is 0 Å². The van der Waals surface area contributed by atoms with Gasteiger partial charge >= 0.3 is 0 Å². The van der Waals surface area contributed by atoms with Gasteiger partial charge in [0.1, 0.15) is 5.76 Å². The average molecular weight is 382 g/mol. The van der Waals surface area contributed by atoms with Crippen LogP contribution in [-0.4, -0.2) is 93.0 Å². The number of aliphatic hydroxyl groups is 1. The number of aliphatic imine (C=N–C) groups is 1. The van der Waals surface area contributed by atoms with Gasteiger partial charge < -0.3 is 24.9 Å². The maximum Gasteiger partial charge on any atom is 0.191 e. The summed E-state index contributed by atoms with van der Waals surface area (Å²) in [4.78, 5) is 8.92. The zero-order chi connectivity index (χ0) is 19.7. The normalized spacial score (nSPS) is 19.7. The number of guanidine groups is 1. The maximum absolute atomic E-state index is 10.7. The number of nitrogens with zero attached hydrogens (tertiary/aromatic N) is 3. The monoisotopic (exact) mass is 381 g/mol. The number of rotatable bonds is 9. The van der Waals surface area contributed by atoms with Crippen LogP contribution in [0.25, 0.3) is 0 Å². The molecule has 0 amide bonds. The number of likely N-dealkylation sites (N-methyl/N-ethyl adjacent to an activating group) is 1. The van der Waals surface area contributed by atoms with Crippen LogP contribution in [0.5, 0.6) is 0 Å². The van der Waals surface area contributed by atoms with Crippen LogP contribution in [-0.2, 0) is 4.74 Å². The molecule has 0 saturated carbocycles. The van der Waals surface area contributed by atoms with Gasteiger partial charge in [0.25, 0.3) is 0 Å². The Morgan fingerprint density at radius 1 is 1.37 bits per heavy atom. The van der Waals surface area contributed by atoms with Gasteiger partial charge in [0.05, 0.1) is 37.7 Å². The summed E-state index contributed by atoms with van der Waals surface area (Å²) in [6, 6.07) is 3.97. The van der Waals surface area contributed by atoms with E-state index in [1.54, 1.807) is 6.26 Å². The first-order valence-electron chi connectivity index (χ1n) is 9.66. The number of furan rings is 1. The molecule has 1 aliphatic heterocycles. The highest BCUT2D eigenvalue weighted by Gasteiger charge is 2.25. The smallest absolute Gasteiger partial charge is 0.191 e. The molecule has 2 rings (SSSR count). The first-order valence-corrected chi connectivity index (χ1v) is 9.66. The van der Waals surface area contributed by atoms with Gasteiger partial charge in [-0.3, -0.25) is 14.8 Å². The predicted molar refractivity (Wildman–Crippen MR) is 107 cm³/mol. The van der Waals surface area contributed by atoms with Crippen molar-refractivity contribution in [1.82, 2.24) is 20.4 Å². The van der Waals surface area contributed by atoms with Crippen molar-refractivity contribution in [2.24, 2.45) is 4.99 Å². The summed E-state index contributed by atoms with van der Waals surface area (Å²) in [6.45, 7) is 9.34. The van der Waals surface area contributed by atoms with Gasteiger partial charge in [-0.05, 0) is 40.1 Å². The molecule has 8 heteroatoms. The van der Waals surface area contributed by atoms with E-state index in [9.17, 15) is 5.11 Å². The fourth-order valence-electron chi connectivity index (χ4n) is 3.09. The fourth-order valence-corrected chi connectivity index (χ4v) is 3.09. The molecule has 2 atom stereocenters. The third-order valence-corrected chi connectivity index (χ3v) is 4.55. The molecule has 1 aromatic rings. The van der Waals surface area contributed by atoms with Crippen molar-refractivity contribution in [3.8, 4) is 0 Å². The van der Waals surface area contributed by atoms with Gasteiger partial charge in [-0.1, -0.05) is 0 Å². The number of hydrogen-bond donors (Lipinski definition) is 3. The van der Waals surface area contributed by atoms with Crippen molar-refractivity contribution < 1.29 is 14.3 Å². The molecule has 2 heterocycles. The van der Waals surface area contributed by atoms with E-state index in [1.165, 1.54) is 0 Å². The lowest BCUT2D eigenvalue weighted by Gasteiger charge is -2.33. The van der Waals surface area contributed by atoms with E-state index in [-0.39, 0.29) is 6.04 Å². The second kappa shape index (κ2) is 10.7. The van der Waals surface area contributed by atoms with Crippen LogP contribution in [0.15, 0.2) is 27.8 Å². The van der Waals surface area contributed by atoms with Crippen molar-refractivity contribution in [1.29, 1.82) is 0 Å². The van der Waals surface area contributed by atoms with Crippen molar-refractivity contribution in [3.63, 3.8) is 0 Å². The van der Waals surface area contributed by atoms with Crippen LogP contribution in [0.4, 0.5) is 0 Å². The summed E-state index contributed by atoms with van der Waals surface area (Å²) in [5, 5.41) is 17.3. The Kier molecular flexibility index (Phi) is 8.56. The molecule has 27 heavy (non-hydrogen) atoms. The van der Waals surface area contributed by atoms with Gasteiger partial charge in [0.2, 0.25) is 0 Å². The van der Waals surface area contributed by atoms with Crippen LogP contribution in [0.3, 0.4) is 0 Å². The highest BCUT2D eigenvalue weighted by Crippen LogP contribution is 2.17. The molecule has 0 radical (unpaired) electrons. The Morgan fingerprint density at radius 3 is 2.70 bits per heavy atom. The number of β-amino-alcohol motifs (C(OH)–C–C–N with tert-alkyl or cyclic N) is 1. The van der Waals surface area contributed by atoms with Gasteiger partial charge in [0, 0.05) is 32.7 Å². The highest BCUT2D eigenvalue weighted by molar-refractivity contribution is 5.79. The summed E-state index contributed by atoms with van der Waals surface area (Å²) in [7, 11) is 4.04. The standard InChI is InChI=1S/C19H35N5O3/c1-5-20-18(21-13-16(23(3)4)17-7-6-10-27-17)22-14-19(2,25)15-24-8-11-26-12-9-24/h6-7,10,16,25H,5,8-9,11-15H2,1-4H3,(H2,20,21,22). The van der Waals surface area contributed by atoms with Crippen molar-refractivity contribution in [2.75, 3.05) is 66.6 Å². The maximum atomic E-state index is 10.7. The zero-order valence-corrected chi connectivity index (χ0v) is 17.1. The molecule has 0 bridgehead atoms. The van der Waals surface area contributed by atoms with E-state index in [1.807, 2.05) is 40.1 Å². The Bertz CT molecular complexity index is 554. The predicted octanol–water partition coefficient (Wildman–Crippen LogP) is 0.521. The minimum Gasteiger partial charge on any atom is -0.468 e. The first kappa shape index (κ1) is 21.7. The number of hydrogen-bond acceptors (Lipinski definition) is 6. The van der Waals surface area contributed by atoms with Crippen LogP contribution in [0.2, 0.25) is 0 Å². The SMILES string of the molecule is CCNC(=NCC(C)(O)CN1CCOCC1)NCC(c1ccco1)N(C)C. The molecular weight excluding hydrogens is 346 g/mol. The average Bonchev–Trinajstić information content (AvgIpc) is 3.14. The molecule has 3 N–H and O–H groups in total. The van der Waals surface area contributed by atoms with E-state index < -0.39 is 5.60 Å². The van der Waals surface area contributed by atoms with E-state index in [4.69, 9.17) is 9.15 Å². The molecule has 2 unspecified atom stereocenters. The van der Waals surface area contributed by atoms with E-state index in [2.05, 4.69) is 25.4 Å². The second-order valence-electron chi connectivity index (χ2n) is 7.46. The van der Waals surface area contributed by atoms with E-state index >= 15 is 0 Å². The van der Waals surface area contributed by atoms with Crippen LogP contribution in [0.1, 0.15) is 25.6 Å². The lowest BCUT2D eigenvalue weighted by Crippen LogP contribution is -2.48. The number of morpholine rings is 1. The first-order chi connectivity index (χ1) is 12.9. The lowest BCUT2D eigenvalue weighted by atomic mass is 10.1. The number of ether oxygens (including phenoxy) is 1. The molecule has 0 aromatic carbocycles. The quantitative estimate of drug-likeness (QED) is 0.425. The summed E-state index contributed by atoms with van der Waals surface area (Å²) in [5.41, 5.74) is -0.887. The van der Waals surface area contributed by atoms with Gasteiger partial charge in [0.15, 0.2) is 5.96 Å². The van der Waals surface area contributed by atoms with Crippen LogP contribution < -0.4 is 10.6 Å². The fraction of sp³-hybridized carbons (Fsp3) is 0.737. The third-order valence-electron chi connectivity index (χ3n) is 4.55. The van der Waals surface area contributed by atoms with Gasteiger partial charge in [-0.15, -0.1) is 0 Å². The minimum absolute atomic E-state index is 0.0951.